The van der Waals surface area contributed by atoms with Crippen molar-refractivity contribution in [2.24, 2.45) is 11.1 Å². The van der Waals surface area contributed by atoms with Crippen molar-refractivity contribution in [1.82, 2.24) is 4.90 Å². The van der Waals surface area contributed by atoms with E-state index in [9.17, 15) is 10.1 Å². The van der Waals surface area contributed by atoms with Gasteiger partial charge >= 0.3 is 0 Å². The maximum Gasteiger partial charge on any atom is 0.162 e. The summed E-state index contributed by atoms with van der Waals surface area (Å²) in [6, 6.07) is 22.6. The first kappa shape index (κ1) is 27.0. The molecule has 3 aromatic carbocycles. The number of rotatable bonds is 7. The van der Waals surface area contributed by atoms with Crippen molar-refractivity contribution in [2.45, 2.75) is 39.2 Å². The lowest BCUT2D eigenvalue weighted by atomic mass is 9.68. The number of allylic oxidation sites excluding steroid dienone is 3. The molecule has 0 bridgehead atoms. The number of ether oxygens (including phenoxy) is 2. The molecule has 1 aliphatic carbocycles. The van der Waals surface area contributed by atoms with E-state index in [1.807, 2.05) is 35.2 Å². The van der Waals surface area contributed by atoms with E-state index >= 15 is 0 Å². The standard InChI is InChI=1S/C32H32BrN3O3/c1-32(2)16-26-30(27(37)17-32)29(24(18-34)31(35)36(26)12-13-38-3)23-10-11-28(25(33)15-23)39-19-20-8-9-21-6-4-5-7-22(21)14-20/h4-11,14-15,29H,12-13,16-17,19,35H2,1-3H3/t29-/m0/s1. The number of ketones is 1. The molecule has 5 rings (SSSR count). The number of hydrogen-bond acceptors (Lipinski definition) is 6. The third kappa shape index (κ3) is 5.32. The van der Waals surface area contributed by atoms with Crippen LogP contribution in [0, 0.1) is 16.7 Å². The highest BCUT2D eigenvalue weighted by Gasteiger charge is 2.44. The van der Waals surface area contributed by atoms with Crippen molar-refractivity contribution >= 4 is 32.5 Å². The van der Waals surface area contributed by atoms with E-state index in [0.717, 1.165) is 21.3 Å². The summed E-state index contributed by atoms with van der Waals surface area (Å²) in [7, 11) is 1.63. The molecule has 1 heterocycles. The highest BCUT2D eigenvalue weighted by Crippen LogP contribution is 2.49. The second-order valence-corrected chi connectivity index (χ2v) is 11.8. The van der Waals surface area contributed by atoms with Crippen molar-refractivity contribution in [1.29, 1.82) is 5.26 Å². The molecule has 1 atom stereocenters. The van der Waals surface area contributed by atoms with E-state index < -0.39 is 5.92 Å². The van der Waals surface area contributed by atoms with Crippen LogP contribution in [0.3, 0.4) is 0 Å². The Hall–Kier alpha value is -3.60. The molecule has 0 saturated heterocycles. The summed E-state index contributed by atoms with van der Waals surface area (Å²) < 4.78 is 12.2. The molecular formula is C32H32BrN3O3. The molecule has 2 N–H and O–H groups in total. The van der Waals surface area contributed by atoms with Crippen molar-refractivity contribution in [3.05, 3.63) is 98.9 Å². The van der Waals surface area contributed by atoms with Gasteiger partial charge in [0.15, 0.2) is 5.78 Å². The van der Waals surface area contributed by atoms with Crippen LogP contribution in [0.4, 0.5) is 0 Å². The van der Waals surface area contributed by atoms with E-state index in [2.05, 4.69) is 66.2 Å². The van der Waals surface area contributed by atoms with Crippen molar-refractivity contribution in [3.8, 4) is 11.8 Å². The van der Waals surface area contributed by atoms with Gasteiger partial charge in [-0.1, -0.05) is 56.3 Å². The minimum Gasteiger partial charge on any atom is -0.488 e. The third-order valence-electron chi connectivity index (χ3n) is 7.50. The number of fused-ring (bicyclic) bond motifs is 1. The third-order valence-corrected chi connectivity index (χ3v) is 8.12. The molecular weight excluding hydrogens is 554 g/mol. The van der Waals surface area contributed by atoms with Gasteiger partial charge in [-0.2, -0.15) is 5.26 Å². The van der Waals surface area contributed by atoms with Gasteiger partial charge in [0, 0.05) is 31.3 Å². The van der Waals surface area contributed by atoms with Gasteiger partial charge in [-0.05, 0) is 67.9 Å². The number of nitrogens with two attached hydrogens (primary N) is 1. The maximum absolute atomic E-state index is 13.6. The predicted molar refractivity (Wildman–Crippen MR) is 156 cm³/mol. The lowest BCUT2D eigenvalue weighted by molar-refractivity contribution is -0.118. The lowest BCUT2D eigenvalue weighted by Crippen LogP contribution is -2.43. The Labute approximate surface area is 237 Å². The Morgan fingerprint density at radius 2 is 1.87 bits per heavy atom. The Kier molecular flexibility index (Phi) is 7.53. The molecule has 0 aromatic heterocycles. The number of hydrogen-bond donors (Lipinski definition) is 1. The number of halogens is 1. The van der Waals surface area contributed by atoms with Crippen LogP contribution < -0.4 is 10.5 Å². The molecule has 200 valence electrons. The zero-order valence-corrected chi connectivity index (χ0v) is 24.0. The summed E-state index contributed by atoms with van der Waals surface area (Å²) in [5.74, 6) is 0.599. The topological polar surface area (TPSA) is 88.6 Å². The molecule has 0 saturated carbocycles. The molecule has 3 aromatic rings. The van der Waals surface area contributed by atoms with Crippen molar-refractivity contribution in [3.63, 3.8) is 0 Å². The number of nitrogens with zero attached hydrogens (tertiary/aromatic N) is 2. The smallest absolute Gasteiger partial charge is 0.162 e. The van der Waals surface area contributed by atoms with Crippen LogP contribution in [0.25, 0.3) is 10.8 Å². The van der Waals surface area contributed by atoms with Gasteiger partial charge in [0.05, 0.1) is 28.6 Å². The van der Waals surface area contributed by atoms with Crippen LogP contribution >= 0.6 is 15.9 Å². The number of nitriles is 1. The van der Waals surface area contributed by atoms with Gasteiger partial charge in [0.25, 0.3) is 0 Å². The predicted octanol–water partition coefficient (Wildman–Crippen LogP) is 6.56. The zero-order chi connectivity index (χ0) is 27.7. The summed E-state index contributed by atoms with van der Waals surface area (Å²) in [5, 5.41) is 12.6. The van der Waals surface area contributed by atoms with E-state index in [0.29, 0.717) is 55.3 Å². The molecule has 0 spiro atoms. The number of Topliss-reactive ketones (excluding diaryl/α,β-unsaturated/α-hetero) is 1. The SMILES string of the molecule is COCCN1C(N)=C(C#N)[C@H](c2ccc(OCc3ccc4ccccc4c3)c(Br)c2)C2=C1CC(C)(C)CC2=O. The highest BCUT2D eigenvalue weighted by atomic mass is 79.9. The summed E-state index contributed by atoms with van der Waals surface area (Å²) >= 11 is 3.67. The molecule has 7 heteroatoms. The van der Waals surface area contributed by atoms with Gasteiger partial charge in [-0.15, -0.1) is 0 Å². The van der Waals surface area contributed by atoms with Crippen molar-refractivity contribution in [2.75, 3.05) is 20.3 Å². The maximum atomic E-state index is 13.6. The van der Waals surface area contributed by atoms with Gasteiger partial charge in [-0.3, -0.25) is 4.79 Å². The summed E-state index contributed by atoms with van der Waals surface area (Å²) in [5.41, 5.74) is 10.2. The molecule has 39 heavy (non-hydrogen) atoms. The van der Waals surface area contributed by atoms with Gasteiger partial charge in [0.1, 0.15) is 18.2 Å². The average Bonchev–Trinajstić information content (AvgIpc) is 2.90. The normalized spacial score (nSPS) is 18.8. The monoisotopic (exact) mass is 585 g/mol. The first-order chi connectivity index (χ1) is 18.7. The van der Waals surface area contributed by atoms with E-state index in [1.54, 1.807) is 7.11 Å². The summed E-state index contributed by atoms with van der Waals surface area (Å²) in [4.78, 5) is 15.5. The molecule has 0 unspecified atom stereocenters. The van der Waals surface area contributed by atoms with Gasteiger partial charge in [0.2, 0.25) is 0 Å². The fourth-order valence-electron chi connectivity index (χ4n) is 5.65. The largest absolute Gasteiger partial charge is 0.488 e. The molecule has 6 nitrogen and oxygen atoms in total. The molecule has 0 amide bonds. The second kappa shape index (κ2) is 10.9. The minimum absolute atomic E-state index is 0.0571. The number of carbonyl (C=O) groups excluding carboxylic acids is 1. The fraction of sp³-hybridized carbons (Fsp3) is 0.312. The second-order valence-electron chi connectivity index (χ2n) is 10.9. The van der Waals surface area contributed by atoms with Crippen molar-refractivity contribution < 1.29 is 14.3 Å². The lowest BCUT2D eigenvalue weighted by Gasteiger charge is -2.43. The molecule has 1 aliphatic heterocycles. The van der Waals surface area contributed by atoms with Crippen LogP contribution in [0.2, 0.25) is 0 Å². The van der Waals surface area contributed by atoms with Crippen LogP contribution in [0.5, 0.6) is 5.75 Å². The first-order valence-corrected chi connectivity index (χ1v) is 13.8. The van der Waals surface area contributed by atoms with E-state index in [4.69, 9.17) is 15.2 Å². The quantitative estimate of drug-likeness (QED) is 0.337. The Bertz CT molecular complexity index is 1550. The Balaban J connectivity index is 1.47. The highest BCUT2D eigenvalue weighted by molar-refractivity contribution is 9.10. The zero-order valence-electron chi connectivity index (χ0n) is 22.5. The van der Waals surface area contributed by atoms with Crippen LogP contribution in [-0.2, 0) is 16.1 Å². The number of carbonyl (C=O) groups is 1. The van der Waals surface area contributed by atoms with Gasteiger partial charge in [-0.25, -0.2) is 0 Å². The van der Waals surface area contributed by atoms with Crippen LogP contribution in [0.15, 0.2) is 87.8 Å². The fourth-order valence-corrected chi connectivity index (χ4v) is 6.16. The Morgan fingerprint density at radius 3 is 2.59 bits per heavy atom. The van der Waals surface area contributed by atoms with Crippen LogP contribution in [0.1, 0.15) is 43.7 Å². The average molecular weight is 587 g/mol. The molecule has 2 aliphatic rings. The molecule has 0 fully saturated rings. The number of methoxy groups -OCH3 is 1. The van der Waals surface area contributed by atoms with Crippen LogP contribution in [-0.4, -0.2) is 30.9 Å². The number of benzene rings is 3. The summed E-state index contributed by atoms with van der Waals surface area (Å²) in [6.45, 7) is 5.52. The van der Waals surface area contributed by atoms with E-state index in [1.165, 1.54) is 10.8 Å². The first-order valence-electron chi connectivity index (χ1n) is 13.0. The van der Waals surface area contributed by atoms with E-state index in [-0.39, 0.29) is 11.2 Å². The minimum atomic E-state index is -0.529. The summed E-state index contributed by atoms with van der Waals surface area (Å²) in [6.07, 6.45) is 1.12. The van der Waals surface area contributed by atoms with Gasteiger partial charge < -0.3 is 20.1 Å². The molecule has 0 radical (unpaired) electrons. The Morgan fingerprint density at radius 1 is 1.10 bits per heavy atom.